The molecule has 0 bridgehead atoms. The van der Waals surface area contributed by atoms with Gasteiger partial charge in [0.15, 0.2) is 5.17 Å². The number of carbonyl (C=O) groups is 1. The van der Waals surface area contributed by atoms with Gasteiger partial charge in [-0.2, -0.15) is 0 Å². The number of anilines is 1. The minimum Gasteiger partial charge on any atom is -0.379 e. The van der Waals surface area contributed by atoms with Gasteiger partial charge >= 0.3 is 0 Å². The highest BCUT2D eigenvalue weighted by atomic mass is 35.5. The number of aliphatic imine (C=N–C) groups is 1. The molecule has 0 saturated heterocycles. The Kier molecular flexibility index (Phi) is 4.88. The second-order valence-electron chi connectivity index (χ2n) is 8.29. The summed E-state index contributed by atoms with van der Waals surface area (Å²) in [5.41, 5.74) is 9.48. The van der Waals surface area contributed by atoms with Gasteiger partial charge in [0.1, 0.15) is 5.69 Å². The molecular formula is C21H23ClN4OS. The monoisotopic (exact) mass is 414 g/mol. The SMILES string of the molecule is CC1(C)Cc2ccc(NC(=O)c3ccc(Cl)cn3)cc2C2(CCSC(N)=N2)C1. The zero-order valence-corrected chi connectivity index (χ0v) is 17.5. The van der Waals surface area contributed by atoms with E-state index in [1.165, 1.54) is 17.3 Å². The third kappa shape index (κ3) is 3.76. The molecule has 0 radical (unpaired) electrons. The van der Waals surface area contributed by atoms with E-state index >= 15 is 0 Å². The number of halogens is 1. The summed E-state index contributed by atoms with van der Waals surface area (Å²) in [7, 11) is 0. The van der Waals surface area contributed by atoms with Crippen LogP contribution in [-0.2, 0) is 12.0 Å². The van der Waals surface area contributed by atoms with Gasteiger partial charge in [0.2, 0.25) is 0 Å². The molecule has 1 aromatic heterocycles. The first-order chi connectivity index (χ1) is 13.3. The van der Waals surface area contributed by atoms with Crippen molar-refractivity contribution in [3.05, 3.63) is 58.4 Å². The van der Waals surface area contributed by atoms with E-state index in [-0.39, 0.29) is 16.9 Å². The van der Waals surface area contributed by atoms with E-state index in [2.05, 4.69) is 36.3 Å². The number of carbonyl (C=O) groups excluding carboxylic acids is 1. The van der Waals surface area contributed by atoms with Crippen LogP contribution in [0.5, 0.6) is 0 Å². The van der Waals surface area contributed by atoms with Crippen molar-refractivity contribution in [3.8, 4) is 0 Å². The number of pyridine rings is 1. The van der Waals surface area contributed by atoms with E-state index in [0.717, 1.165) is 30.7 Å². The largest absolute Gasteiger partial charge is 0.379 e. The lowest BCUT2D eigenvalue weighted by atomic mass is 9.64. The Hall–Kier alpha value is -2.05. The van der Waals surface area contributed by atoms with Gasteiger partial charge in [-0.3, -0.25) is 9.79 Å². The predicted molar refractivity (Wildman–Crippen MR) is 116 cm³/mol. The molecule has 0 saturated carbocycles. The molecule has 1 aliphatic heterocycles. The summed E-state index contributed by atoms with van der Waals surface area (Å²) in [6.07, 6.45) is 4.35. The van der Waals surface area contributed by atoms with Crippen LogP contribution < -0.4 is 11.1 Å². The molecule has 1 atom stereocenters. The topological polar surface area (TPSA) is 80.4 Å². The number of nitrogens with one attached hydrogen (secondary N) is 1. The van der Waals surface area contributed by atoms with Crippen LogP contribution in [0.4, 0.5) is 5.69 Å². The van der Waals surface area contributed by atoms with Crippen LogP contribution in [0.3, 0.4) is 0 Å². The molecule has 7 heteroatoms. The zero-order chi connectivity index (χ0) is 19.9. The van der Waals surface area contributed by atoms with Crippen molar-refractivity contribution in [1.29, 1.82) is 0 Å². The smallest absolute Gasteiger partial charge is 0.274 e. The Labute approximate surface area is 174 Å². The third-order valence-corrected chi connectivity index (χ3v) is 6.38. The molecule has 4 rings (SSSR count). The predicted octanol–water partition coefficient (Wildman–Crippen LogP) is 4.61. The first-order valence-electron chi connectivity index (χ1n) is 9.31. The van der Waals surface area contributed by atoms with Crippen LogP contribution in [-0.4, -0.2) is 21.8 Å². The molecule has 2 aromatic rings. The van der Waals surface area contributed by atoms with Crippen molar-refractivity contribution in [2.45, 2.75) is 38.6 Å². The second-order valence-corrected chi connectivity index (χ2v) is 9.84. The van der Waals surface area contributed by atoms with Gasteiger partial charge in [-0.15, -0.1) is 0 Å². The van der Waals surface area contributed by atoms with E-state index in [9.17, 15) is 4.79 Å². The first kappa shape index (κ1) is 19.3. The highest BCUT2D eigenvalue weighted by Crippen LogP contribution is 2.51. The Morgan fingerprint density at radius 3 is 2.82 bits per heavy atom. The van der Waals surface area contributed by atoms with Gasteiger partial charge in [-0.1, -0.05) is 43.3 Å². The maximum absolute atomic E-state index is 12.5. The summed E-state index contributed by atoms with van der Waals surface area (Å²) < 4.78 is 0. The van der Waals surface area contributed by atoms with Crippen LogP contribution in [0, 0.1) is 5.41 Å². The second kappa shape index (κ2) is 7.08. The summed E-state index contributed by atoms with van der Waals surface area (Å²) in [4.78, 5) is 21.6. The average molecular weight is 415 g/mol. The first-order valence-corrected chi connectivity index (χ1v) is 10.7. The lowest BCUT2D eigenvalue weighted by Crippen LogP contribution is -2.41. The van der Waals surface area contributed by atoms with Crippen LogP contribution in [0.1, 0.15) is 48.3 Å². The van der Waals surface area contributed by atoms with E-state index in [0.29, 0.717) is 15.9 Å². The number of benzene rings is 1. The minimum atomic E-state index is -0.314. The molecule has 1 aromatic carbocycles. The molecule has 1 spiro atoms. The molecular weight excluding hydrogens is 392 g/mol. The van der Waals surface area contributed by atoms with Crippen molar-refractivity contribution >= 4 is 40.1 Å². The Morgan fingerprint density at radius 1 is 1.29 bits per heavy atom. The van der Waals surface area contributed by atoms with Crippen LogP contribution in [0.25, 0.3) is 0 Å². The Bertz CT molecular complexity index is 957. The van der Waals surface area contributed by atoms with Crippen LogP contribution in [0.15, 0.2) is 41.5 Å². The number of thioether (sulfide) groups is 1. The summed E-state index contributed by atoms with van der Waals surface area (Å²) in [6.45, 7) is 4.57. The summed E-state index contributed by atoms with van der Waals surface area (Å²) in [6, 6.07) is 9.39. The standard InChI is InChI=1S/C21H23ClN4OS/c1-20(2)10-13-3-5-15(25-18(27)17-6-4-14(22)11-24-17)9-16(13)21(12-20)7-8-28-19(23)26-21/h3-6,9,11H,7-8,10,12H2,1-2H3,(H2,23,26)(H,25,27). The molecule has 0 fully saturated rings. The normalized spacial score (nSPS) is 23.0. The fraction of sp³-hybridized carbons (Fsp3) is 0.381. The number of nitrogens with zero attached hydrogens (tertiary/aromatic N) is 2. The molecule has 28 heavy (non-hydrogen) atoms. The summed E-state index contributed by atoms with van der Waals surface area (Å²) in [5, 5.41) is 4.10. The number of fused-ring (bicyclic) bond motifs is 2. The molecule has 2 heterocycles. The number of aromatic nitrogens is 1. The van der Waals surface area contributed by atoms with Gasteiger partial charge in [-0.25, -0.2) is 4.98 Å². The van der Waals surface area contributed by atoms with Gasteiger partial charge in [0.25, 0.3) is 5.91 Å². The Morgan fingerprint density at radius 2 is 2.11 bits per heavy atom. The van der Waals surface area contributed by atoms with Crippen LogP contribution in [0.2, 0.25) is 5.02 Å². The molecule has 2 aliphatic rings. The zero-order valence-electron chi connectivity index (χ0n) is 16.0. The third-order valence-electron chi connectivity index (χ3n) is 5.36. The molecule has 3 N–H and O–H groups in total. The fourth-order valence-electron chi connectivity index (χ4n) is 4.36. The number of hydrogen-bond acceptors (Lipinski definition) is 5. The van der Waals surface area contributed by atoms with Gasteiger partial charge in [-0.05, 0) is 60.1 Å². The average Bonchev–Trinajstić information content (AvgIpc) is 2.62. The Balaban J connectivity index is 1.69. The van der Waals surface area contributed by atoms with Gasteiger partial charge < -0.3 is 11.1 Å². The maximum atomic E-state index is 12.5. The highest BCUT2D eigenvalue weighted by Gasteiger charge is 2.45. The number of nitrogens with two attached hydrogens (primary N) is 1. The van der Waals surface area contributed by atoms with E-state index < -0.39 is 0 Å². The fourth-order valence-corrected chi connectivity index (χ4v) is 5.36. The molecule has 1 unspecified atom stereocenters. The van der Waals surface area contributed by atoms with E-state index in [1.54, 1.807) is 23.9 Å². The van der Waals surface area contributed by atoms with Crippen molar-refractivity contribution < 1.29 is 4.79 Å². The van der Waals surface area contributed by atoms with E-state index in [1.807, 2.05) is 6.07 Å². The summed E-state index contributed by atoms with van der Waals surface area (Å²) >= 11 is 7.47. The number of rotatable bonds is 2. The lowest BCUT2D eigenvalue weighted by molar-refractivity contribution is 0.102. The lowest BCUT2D eigenvalue weighted by Gasteiger charge is -2.45. The van der Waals surface area contributed by atoms with Gasteiger partial charge in [0, 0.05) is 17.6 Å². The minimum absolute atomic E-state index is 0.150. The number of amides is 1. The van der Waals surface area contributed by atoms with Crippen LogP contribution >= 0.6 is 23.4 Å². The van der Waals surface area contributed by atoms with Crippen molar-refractivity contribution in [1.82, 2.24) is 4.98 Å². The molecule has 5 nitrogen and oxygen atoms in total. The number of hydrogen-bond donors (Lipinski definition) is 2. The molecule has 1 aliphatic carbocycles. The summed E-state index contributed by atoms with van der Waals surface area (Å²) in [5.74, 6) is 0.694. The van der Waals surface area contributed by atoms with E-state index in [4.69, 9.17) is 22.3 Å². The molecule has 1 amide bonds. The quantitative estimate of drug-likeness (QED) is 0.752. The molecule has 146 valence electrons. The maximum Gasteiger partial charge on any atom is 0.274 e. The highest BCUT2D eigenvalue weighted by molar-refractivity contribution is 8.13. The van der Waals surface area contributed by atoms with Crippen molar-refractivity contribution in [3.63, 3.8) is 0 Å². The van der Waals surface area contributed by atoms with Crippen molar-refractivity contribution in [2.75, 3.05) is 11.1 Å². The van der Waals surface area contributed by atoms with Gasteiger partial charge in [0.05, 0.1) is 10.6 Å². The number of amidine groups is 1. The van der Waals surface area contributed by atoms with Crippen molar-refractivity contribution in [2.24, 2.45) is 16.1 Å².